The number of hydrogen-bond donors (Lipinski definition) is 1. The number of piperazine rings is 1. The summed E-state index contributed by atoms with van der Waals surface area (Å²) in [5, 5.41) is 8.95. The van der Waals surface area contributed by atoms with Gasteiger partial charge in [0.2, 0.25) is 0 Å². The van der Waals surface area contributed by atoms with Gasteiger partial charge in [-0.05, 0) is 80.3 Å². The van der Waals surface area contributed by atoms with Crippen molar-refractivity contribution in [2.75, 3.05) is 51.3 Å². The highest BCUT2D eigenvalue weighted by Gasteiger charge is 2.40. The summed E-state index contributed by atoms with van der Waals surface area (Å²) in [6.07, 6.45) is 5.36. The molecule has 0 spiro atoms. The molecule has 1 N–H and O–H groups in total. The second kappa shape index (κ2) is 10.1. The minimum Gasteiger partial charge on any atom is -0.396 e. The molecule has 0 radical (unpaired) electrons. The molecule has 2 aliphatic rings. The molecule has 1 aliphatic heterocycles. The van der Waals surface area contributed by atoms with Gasteiger partial charge in [-0.1, -0.05) is 32.0 Å². The van der Waals surface area contributed by atoms with Crippen molar-refractivity contribution in [1.82, 2.24) is 9.88 Å². The SMILES string of the molecule is COC1(C)CCC(C)(C)c2ccc(-c3cccc(N4CCN(CCCCCO)CC4)n3)cc21. The fourth-order valence-electron chi connectivity index (χ4n) is 5.35. The summed E-state index contributed by atoms with van der Waals surface area (Å²) in [7, 11) is 1.83. The van der Waals surface area contributed by atoms with E-state index in [0.29, 0.717) is 6.61 Å². The van der Waals surface area contributed by atoms with Crippen LogP contribution in [0.2, 0.25) is 0 Å². The predicted octanol–water partition coefficient (Wildman–Crippen LogP) is 4.97. The van der Waals surface area contributed by atoms with E-state index in [2.05, 4.69) is 67.0 Å². The lowest BCUT2D eigenvalue weighted by atomic mass is 9.67. The first-order valence-electron chi connectivity index (χ1n) is 12.6. The number of fused-ring (bicyclic) bond motifs is 1. The molecule has 5 heteroatoms. The van der Waals surface area contributed by atoms with Gasteiger partial charge in [-0.3, -0.25) is 4.90 Å². The van der Waals surface area contributed by atoms with E-state index in [9.17, 15) is 0 Å². The lowest BCUT2D eigenvalue weighted by Gasteiger charge is -2.43. The van der Waals surface area contributed by atoms with Crippen molar-refractivity contribution in [3.05, 3.63) is 47.5 Å². The average Bonchev–Trinajstić information content (AvgIpc) is 2.85. The van der Waals surface area contributed by atoms with Crippen LogP contribution < -0.4 is 4.90 Å². The highest BCUT2D eigenvalue weighted by molar-refractivity contribution is 5.64. The van der Waals surface area contributed by atoms with Crippen molar-refractivity contribution in [3.8, 4) is 11.3 Å². The highest BCUT2D eigenvalue weighted by atomic mass is 16.5. The van der Waals surface area contributed by atoms with E-state index >= 15 is 0 Å². The molecule has 0 amide bonds. The number of aromatic nitrogens is 1. The van der Waals surface area contributed by atoms with Gasteiger partial charge in [-0.25, -0.2) is 4.98 Å². The van der Waals surface area contributed by atoms with Crippen molar-refractivity contribution in [3.63, 3.8) is 0 Å². The molecule has 2 heterocycles. The molecule has 2 aromatic rings. The molecule has 1 aliphatic carbocycles. The Balaban J connectivity index is 1.49. The van der Waals surface area contributed by atoms with Gasteiger partial charge in [0.05, 0.1) is 11.3 Å². The van der Waals surface area contributed by atoms with Crippen molar-refractivity contribution in [2.45, 2.75) is 63.9 Å². The molecule has 4 rings (SSSR count). The number of nitrogens with zero attached hydrogens (tertiary/aromatic N) is 3. The fraction of sp³-hybridized carbons (Fsp3) is 0.607. The number of hydrogen-bond acceptors (Lipinski definition) is 5. The number of anilines is 1. The normalized spacial score (nSPS) is 22.9. The van der Waals surface area contributed by atoms with E-state index in [0.717, 1.165) is 69.9 Å². The van der Waals surface area contributed by atoms with Crippen LogP contribution in [-0.2, 0) is 15.8 Å². The summed E-state index contributed by atoms with van der Waals surface area (Å²) < 4.78 is 6.01. The Morgan fingerprint density at radius 3 is 2.45 bits per heavy atom. The molecule has 180 valence electrons. The van der Waals surface area contributed by atoms with Crippen LogP contribution in [0.25, 0.3) is 11.3 Å². The first-order chi connectivity index (χ1) is 15.9. The number of aliphatic hydroxyl groups is 1. The zero-order valence-corrected chi connectivity index (χ0v) is 20.9. The minimum atomic E-state index is -0.244. The van der Waals surface area contributed by atoms with Crippen LogP contribution in [0, 0.1) is 0 Å². The Morgan fingerprint density at radius 2 is 1.73 bits per heavy atom. The number of rotatable bonds is 8. The number of ether oxygens (including phenoxy) is 1. The lowest BCUT2D eigenvalue weighted by molar-refractivity contribution is -0.0202. The molecule has 1 unspecified atom stereocenters. The predicted molar refractivity (Wildman–Crippen MR) is 136 cm³/mol. The van der Waals surface area contributed by atoms with Crippen LogP contribution in [0.4, 0.5) is 5.82 Å². The Morgan fingerprint density at radius 1 is 0.939 bits per heavy atom. The van der Waals surface area contributed by atoms with Gasteiger partial charge in [0.15, 0.2) is 0 Å². The van der Waals surface area contributed by atoms with E-state index in [4.69, 9.17) is 14.8 Å². The number of pyridine rings is 1. The summed E-state index contributed by atoms with van der Waals surface area (Å²) >= 11 is 0. The van der Waals surface area contributed by atoms with Crippen molar-refractivity contribution in [2.24, 2.45) is 0 Å². The van der Waals surface area contributed by atoms with Crippen LogP contribution in [0.1, 0.15) is 64.0 Å². The summed E-state index contributed by atoms with van der Waals surface area (Å²) in [6.45, 7) is 12.5. The monoisotopic (exact) mass is 451 g/mol. The summed E-state index contributed by atoms with van der Waals surface area (Å²) in [6, 6.07) is 13.2. The van der Waals surface area contributed by atoms with Crippen LogP contribution in [-0.4, -0.2) is 61.4 Å². The maximum Gasteiger partial charge on any atom is 0.129 e. The van der Waals surface area contributed by atoms with Crippen LogP contribution in [0.15, 0.2) is 36.4 Å². The molecule has 0 bridgehead atoms. The first-order valence-corrected chi connectivity index (χ1v) is 12.6. The number of methoxy groups -OCH3 is 1. The molecule has 1 atom stereocenters. The maximum absolute atomic E-state index is 8.95. The third kappa shape index (κ3) is 5.26. The first kappa shape index (κ1) is 24.2. The molecular formula is C28H41N3O2. The number of unbranched alkanes of at least 4 members (excludes halogenated alkanes) is 2. The molecule has 1 saturated heterocycles. The summed E-state index contributed by atoms with van der Waals surface area (Å²) in [5.41, 5.74) is 4.82. The van der Waals surface area contributed by atoms with Gasteiger partial charge in [0, 0.05) is 45.5 Å². The minimum absolute atomic E-state index is 0.166. The second-order valence-electron chi connectivity index (χ2n) is 10.6. The highest BCUT2D eigenvalue weighted by Crippen LogP contribution is 2.47. The summed E-state index contributed by atoms with van der Waals surface area (Å²) in [5.74, 6) is 1.07. The van der Waals surface area contributed by atoms with E-state index < -0.39 is 0 Å². The van der Waals surface area contributed by atoms with Crippen LogP contribution in [0.3, 0.4) is 0 Å². The second-order valence-corrected chi connectivity index (χ2v) is 10.6. The molecule has 1 aromatic heterocycles. The van der Waals surface area contributed by atoms with Gasteiger partial charge >= 0.3 is 0 Å². The Labute approximate surface area is 199 Å². The van der Waals surface area contributed by atoms with Crippen molar-refractivity contribution >= 4 is 5.82 Å². The quantitative estimate of drug-likeness (QED) is 0.575. The van der Waals surface area contributed by atoms with Gasteiger partial charge in [0.1, 0.15) is 5.82 Å². The molecule has 0 saturated carbocycles. The van der Waals surface area contributed by atoms with Crippen molar-refractivity contribution < 1.29 is 9.84 Å². The third-order valence-electron chi connectivity index (χ3n) is 7.85. The standard InChI is InChI=1S/C28H41N3O2/c1-27(2)13-14-28(3,33-4)24-21-22(11-12-23(24)27)25-9-8-10-26(29-25)31-18-16-30(17-19-31)15-6-5-7-20-32/h8-12,21,32H,5-7,13-20H2,1-4H3. The third-order valence-corrected chi connectivity index (χ3v) is 7.85. The van der Waals surface area contributed by atoms with Crippen molar-refractivity contribution in [1.29, 1.82) is 0 Å². The number of benzene rings is 1. The smallest absolute Gasteiger partial charge is 0.129 e. The van der Waals surface area contributed by atoms with Crippen LogP contribution in [0.5, 0.6) is 0 Å². The zero-order chi connectivity index (χ0) is 23.5. The van der Waals surface area contributed by atoms with Gasteiger partial charge in [-0.15, -0.1) is 0 Å². The Bertz CT molecular complexity index is 936. The number of aliphatic hydroxyl groups excluding tert-OH is 1. The van der Waals surface area contributed by atoms with E-state index in [1.54, 1.807) is 0 Å². The Kier molecular flexibility index (Phi) is 7.42. The molecular weight excluding hydrogens is 410 g/mol. The topological polar surface area (TPSA) is 48.8 Å². The van der Waals surface area contributed by atoms with E-state index in [1.807, 2.05) is 7.11 Å². The molecule has 1 aromatic carbocycles. The fourth-order valence-corrected chi connectivity index (χ4v) is 5.35. The van der Waals surface area contributed by atoms with Gasteiger partial charge in [-0.2, -0.15) is 0 Å². The Hall–Kier alpha value is -1.95. The van der Waals surface area contributed by atoms with Gasteiger partial charge < -0.3 is 14.7 Å². The van der Waals surface area contributed by atoms with E-state index in [-0.39, 0.29) is 11.0 Å². The van der Waals surface area contributed by atoms with E-state index in [1.165, 1.54) is 23.1 Å². The maximum atomic E-state index is 8.95. The molecule has 33 heavy (non-hydrogen) atoms. The molecule has 1 fully saturated rings. The molecule has 5 nitrogen and oxygen atoms in total. The average molecular weight is 452 g/mol. The summed E-state index contributed by atoms with van der Waals surface area (Å²) in [4.78, 5) is 10.0. The van der Waals surface area contributed by atoms with Gasteiger partial charge in [0.25, 0.3) is 0 Å². The van der Waals surface area contributed by atoms with Crippen LogP contribution >= 0.6 is 0 Å². The largest absolute Gasteiger partial charge is 0.396 e. The zero-order valence-electron chi connectivity index (χ0n) is 20.9. The lowest BCUT2D eigenvalue weighted by Crippen LogP contribution is -2.46.